The van der Waals surface area contributed by atoms with Gasteiger partial charge in [-0.3, -0.25) is 24.0 Å². The van der Waals surface area contributed by atoms with Crippen molar-refractivity contribution in [2.24, 2.45) is 7.05 Å². The van der Waals surface area contributed by atoms with Crippen molar-refractivity contribution in [2.45, 2.75) is 51.0 Å². The molecule has 0 spiro atoms. The third-order valence-electron chi connectivity index (χ3n) is 9.24. The number of aryl methyl sites for hydroxylation is 1. The minimum Gasteiger partial charge on any atom is -0.493 e. The van der Waals surface area contributed by atoms with E-state index in [2.05, 4.69) is 31.2 Å². The van der Waals surface area contributed by atoms with Crippen LogP contribution in [0.15, 0.2) is 72.9 Å². The zero-order valence-corrected chi connectivity index (χ0v) is 31.1. The molecule has 15 nitrogen and oxygen atoms in total. The number of nitrogens with one attached hydrogen (secondary N) is 3. The Morgan fingerprint density at radius 2 is 1.83 bits per heavy atom. The van der Waals surface area contributed by atoms with Gasteiger partial charge in [0.1, 0.15) is 18.7 Å². The second-order valence-corrected chi connectivity index (χ2v) is 13.6. The van der Waals surface area contributed by atoms with Crippen LogP contribution in [-0.4, -0.2) is 104 Å². The summed E-state index contributed by atoms with van der Waals surface area (Å²) in [4.78, 5) is 43.1. The number of benzene rings is 3. The Morgan fingerprint density at radius 1 is 1.02 bits per heavy atom. The molecule has 16 heteroatoms. The van der Waals surface area contributed by atoms with Crippen molar-refractivity contribution in [1.29, 1.82) is 0 Å². The lowest BCUT2D eigenvalue weighted by Crippen LogP contribution is -2.58. The van der Waals surface area contributed by atoms with Gasteiger partial charge in [-0.1, -0.05) is 53.2 Å². The van der Waals surface area contributed by atoms with Gasteiger partial charge in [0.05, 0.1) is 41.7 Å². The molecule has 4 heterocycles. The Labute approximate surface area is 317 Å². The Kier molecular flexibility index (Phi) is 12.4. The first-order valence-corrected chi connectivity index (χ1v) is 18.1. The van der Waals surface area contributed by atoms with Crippen LogP contribution in [0.1, 0.15) is 34.2 Å². The predicted molar refractivity (Wildman–Crippen MR) is 201 cm³/mol. The van der Waals surface area contributed by atoms with Gasteiger partial charge in [-0.2, -0.15) is 5.10 Å². The number of aliphatic hydroxyl groups excluding tert-OH is 1. The number of hydrogen-bond donors (Lipinski definition) is 4. The van der Waals surface area contributed by atoms with E-state index in [4.69, 9.17) is 26.2 Å². The number of hydrogen-bond acceptors (Lipinski definition) is 10. The highest BCUT2D eigenvalue weighted by Crippen LogP contribution is 2.29. The van der Waals surface area contributed by atoms with Crippen LogP contribution in [0.25, 0.3) is 10.9 Å². The number of carbonyl (C=O) groups excluding carboxylic acids is 3. The highest BCUT2D eigenvalue weighted by Gasteiger charge is 2.30. The number of carbonyl (C=O) groups is 3. The fourth-order valence-electron chi connectivity index (χ4n) is 6.36. The molecule has 3 aromatic carbocycles. The number of methoxy groups -OCH3 is 1. The molecular weight excluding hydrogens is 714 g/mol. The van der Waals surface area contributed by atoms with E-state index in [1.807, 2.05) is 61.8 Å². The molecule has 3 atom stereocenters. The van der Waals surface area contributed by atoms with Gasteiger partial charge >= 0.3 is 0 Å². The van der Waals surface area contributed by atoms with Crippen LogP contribution in [0.3, 0.4) is 0 Å². The summed E-state index contributed by atoms with van der Waals surface area (Å²) >= 11 is 6.63. The third kappa shape index (κ3) is 9.34. The number of nitrogens with zero attached hydrogens (tertiary/aromatic N) is 6. The van der Waals surface area contributed by atoms with E-state index >= 15 is 0 Å². The quantitative estimate of drug-likeness (QED) is 0.188. The molecule has 0 saturated carbocycles. The van der Waals surface area contributed by atoms with E-state index in [-0.39, 0.29) is 25.1 Å². The number of ether oxygens (including phenoxy) is 2. The summed E-state index contributed by atoms with van der Waals surface area (Å²) in [7, 11) is 3.34. The molecule has 4 N–H and O–H groups in total. The molecule has 0 radical (unpaired) electrons. The predicted octanol–water partition coefficient (Wildman–Crippen LogP) is 2.29. The summed E-state index contributed by atoms with van der Waals surface area (Å²) < 4.78 is 15.0. The molecule has 7 rings (SSSR count). The van der Waals surface area contributed by atoms with E-state index in [0.717, 1.165) is 27.9 Å². The van der Waals surface area contributed by atoms with E-state index < -0.39 is 35.9 Å². The number of halogens is 1. The van der Waals surface area contributed by atoms with Crippen molar-refractivity contribution in [3.05, 3.63) is 100 Å². The largest absolute Gasteiger partial charge is 0.493 e. The van der Waals surface area contributed by atoms with Crippen LogP contribution in [0, 0.1) is 0 Å². The second-order valence-electron chi connectivity index (χ2n) is 13.2. The first-order chi connectivity index (χ1) is 26.1. The fourth-order valence-corrected chi connectivity index (χ4v) is 6.64. The molecule has 4 bridgehead atoms. The van der Waals surface area contributed by atoms with Crippen molar-refractivity contribution in [1.82, 2.24) is 45.6 Å². The monoisotopic (exact) mass is 757 g/mol. The molecule has 0 saturated heterocycles. The van der Waals surface area contributed by atoms with Gasteiger partial charge in [-0.25, -0.2) is 4.68 Å². The van der Waals surface area contributed by atoms with Crippen LogP contribution in [0.5, 0.6) is 11.5 Å². The first-order valence-electron chi connectivity index (χ1n) is 17.7. The van der Waals surface area contributed by atoms with Crippen LogP contribution in [-0.2, 0) is 42.6 Å². The Hall–Kier alpha value is -5.51. The Balaban J connectivity index is 1.27. The van der Waals surface area contributed by atoms with Gasteiger partial charge in [0.25, 0.3) is 5.91 Å². The van der Waals surface area contributed by atoms with E-state index in [1.54, 1.807) is 21.5 Å². The second kappa shape index (κ2) is 17.5. The van der Waals surface area contributed by atoms with Gasteiger partial charge in [0, 0.05) is 63.2 Å². The smallest absolute Gasteiger partial charge is 0.252 e. The minimum absolute atomic E-state index is 0.135. The van der Waals surface area contributed by atoms with Gasteiger partial charge in [-0.05, 0) is 42.8 Å². The lowest BCUT2D eigenvalue weighted by molar-refractivity contribution is -0.132. The van der Waals surface area contributed by atoms with Crippen molar-refractivity contribution in [3.8, 4) is 11.5 Å². The SMILES string of the molecule is COc1cc2ccc1OCCn1cc(nn1)CCN(Cc1nn(C)c3cccc(Cl)c13)CCNC(=O)[C@H]([C@@H](C)O)NC(=O)[C@@H](Cc1ccccc1)NC2=O. The average Bonchev–Trinajstić information content (AvgIpc) is 3.75. The maximum absolute atomic E-state index is 13.8. The summed E-state index contributed by atoms with van der Waals surface area (Å²) in [5.41, 5.74) is 3.47. The van der Waals surface area contributed by atoms with Crippen molar-refractivity contribution >= 4 is 40.2 Å². The summed E-state index contributed by atoms with van der Waals surface area (Å²) in [5.74, 6) is -0.987. The molecule has 2 aromatic heterocycles. The van der Waals surface area contributed by atoms with Crippen LogP contribution in [0.2, 0.25) is 5.02 Å². The van der Waals surface area contributed by atoms with E-state index in [9.17, 15) is 19.5 Å². The summed E-state index contributed by atoms with van der Waals surface area (Å²) in [6, 6.07) is 17.2. The topological polar surface area (TPSA) is 178 Å². The molecule has 54 heavy (non-hydrogen) atoms. The summed E-state index contributed by atoms with van der Waals surface area (Å²) in [6.07, 6.45) is 1.31. The van der Waals surface area contributed by atoms with Crippen molar-refractivity contribution < 1.29 is 29.0 Å². The first kappa shape index (κ1) is 38.2. The fraction of sp³-hybridized carbons (Fsp3) is 0.368. The normalized spacial score (nSPS) is 18.7. The van der Waals surface area contributed by atoms with E-state index in [0.29, 0.717) is 49.1 Å². The summed E-state index contributed by atoms with van der Waals surface area (Å²) in [6.45, 7) is 3.67. The standard InChI is InChI=1S/C38H44ClN9O6/c1-24(49)35-38(52)40-15-17-47(23-30-34-28(39)10-7-11-31(34)46(2)44-30)16-14-27-22-48(45-43-27)18-19-54-32-13-12-26(21-33(32)53-3)36(50)41-29(37(51)42-35)20-25-8-5-4-6-9-25/h4-13,21-22,24,29,35,49H,14-20,23H2,1-3H3,(H,40,52)(H,41,50)(H,42,51)/t24-,29-,35+/m1/s1. The molecule has 284 valence electrons. The Bertz CT molecular complexity index is 2090. The maximum atomic E-state index is 13.8. The van der Waals surface area contributed by atoms with Crippen LogP contribution in [0.4, 0.5) is 0 Å². The number of aliphatic hydroxyl groups is 1. The number of fused-ring (bicyclic) bond motifs is 17. The lowest BCUT2D eigenvalue weighted by Gasteiger charge is -2.26. The third-order valence-corrected chi connectivity index (χ3v) is 9.56. The summed E-state index contributed by atoms with van der Waals surface area (Å²) in [5, 5.41) is 33.9. The van der Waals surface area contributed by atoms with Crippen LogP contribution < -0.4 is 25.4 Å². The van der Waals surface area contributed by atoms with Gasteiger partial charge in [0.15, 0.2) is 11.5 Å². The molecule has 0 unspecified atom stereocenters. The molecule has 0 aliphatic carbocycles. The van der Waals surface area contributed by atoms with Gasteiger partial charge in [0.2, 0.25) is 11.8 Å². The lowest BCUT2D eigenvalue weighted by atomic mass is 10.0. The molecular formula is C38H44ClN9O6. The van der Waals surface area contributed by atoms with Gasteiger partial charge in [-0.15, -0.1) is 5.10 Å². The minimum atomic E-state index is -1.30. The molecule has 3 amide bonds. The van der Waals surface area contributed by atoms with Gasteiger partial charge < -0.3 is 30.5 Å². The van der Waals surface area contributed by atoms with Crippen molar-refractivity contribution in [3.63, 3.8) is 0 Å². The average molecular weight is 758 g/mol. The zero-order valence-electron chi connectivity index (χ0n) is 30.4. The highest BCUT2D eigenvalue weighted by atomic mass is 35.5. The number of rotatable bonds is 6. The number of aromatic nitrogens is 5. The molecule has 0 fully saturated rings. The maximum Gasteiger partial charge on any atom is 0.252 e. The number of amides is 3. The van der Waals surface area contributed by atoms with Crippen LogP contribution >= 0.6 is 11.6 Å². The van der Waals surface area contributed by atoms with Crippen molar-refractivity contribution in [2.75, 3.05) is 33.4 Å². The Morgan fingerprint density at radius 3 is 2.61 bits per heavy atom. The molecule has 5 aromatic rings. The highest BCUT2D eigenvalue weighted by molar-refractivity contribution is 6.35. The molecule has 2 aliphatic rings. The molecule has 2 aliphatic heterocycles. The van der Waals surface area contributed by atoms with E-state index in [1.165, 1.54) is 20.1 Å². The zero-order chi connectivity index (χ0) is 38.2.